The number of carbonyl (C=O) groups is 1. The van der Waals surface area contributed by atoms with Gasteiger partial charge in [0.25, 0.3) is 0 Å². The molecule has 0 fully saturated rings. The van der Waals surface area contributed by atoms with Crippen LogP contribution in [0.4, 0.5) is 0 Å². The molecule has 0 amide bonds. The van der Waals surface area contributed by atoms with Crippen molar-refractivity contribution < 1.29 is 4.79 Å². The van der Waals surface area contributed by atoms with E-state index in [1.807, 2.05) is 24.3 Å². The zero-order valence-corrected chi connectivity index (χ0v) is 8.86. The molecule has 0 atom stereocenters. The van der Waals surface area contributed by atoms with Crippen molar-refractivity contribution in [2.24, 2.45) is 0 Å². The number of carbonyl (C=O) groups excluding carboxylic acids is 1. The van der Waals surface area contributed by atoms with Crippen molar-refractivity contribution in [3.05, 3.63) is 60.7 Å². The van der Waals surface area contributed by atoms with E-state index in [1.165, 1.54) is 5.56 Å². The maximum absolute atomic E-state index is 11.1. The molecule has 0 aromatic heterocycles. The molecule has 0 spiro atoms. The van der Waals surface area contributed by atoms with E-state index in [0.717, 1.165) is 12.8 Å². The highest BCUT2D eigenvalue weighted by Crippen LogP contribution is 2.02. The van der Waals surface area contributed by atoms with Gasteiger partial charge in [0.15, 0.2) is 5.78 Å². The molecule has 0 N–H and O–H groups in total. The minimum absolute atomic E-state index is 0.123. The first-order valence-corrected chi connectivity index (χ1v) is 5.17. The Hall–Kier alpha value is -1.63. The first-order chi connectivity index (χ1) is 7.33. The zero-order chi connectivity index (χ0) is 10.9. The van der Waals surface area contributed by atoms with Gasteiger partial charge >= 0.3 is 0 Å². The molecule has 0 saturated carbocycles. The first kappa shape index (κ1) is 11.4. The van der Waals surface area contributed by atoms with Gasteiger partial charge in [-0.3, -0.25) is 4.79 Å². The van der Waals surface area contributed by atoms with Crippen molar-refractivity contribution in [2.75, 3.05) is 0 Å². The molecule has 0 aliphatic carbocycles. The fourth-order valence-electron chi connectivity index (χ4n) is 1.32. The molecule has 78 valence electrons. The molecule has 0 unspecified atom stereocenters. The maximum atomic E-state index is 11.1. The molecule has 1 nitrogen and oxygen atoms in total. The second kappa shape index (κ2) is 6.77. The van der Waals surface area contributed by atoms with Crippen LogP contribution in [0.25, 0.3) is 0 Å². The molecule has 0 aliphatic heterocycles. The predicted octanol–water partition coefficient (Wildman–Crippen LogP) is 3.32. The lowest BCUT2D eigenvalue weighted by Gasteiger charge is -1.95. The fourth-order valence-corrected chi connectivity index (χ4v) is 1.32. The second-order valence-electron chi connectivity index (χ2n) is 3.39. The summed E-state index contributed by atoms with van der Waals surface area (Å²) in [4.78, 5) is 11.1. The Morgan fingerprint density at radius 1 is 1.27 bits per heavy atom. The van der Waals surface area contributed by atoms with Crippen molar-refractivity contribution in [3.8, 4) is 0 Å². The molecule has 1 rings (SSSR count). The summed E-state index contributed by atoms with van der Waals surface area (Å²) in [5.41, 5.74) is 1.30. The van der Waals surface area contributed by atoms with Crippen molar-refractivity contribution in [1.29, 1.82) is 0 Å². The SMILES string of the molecule is C=CCC(=O)/C=C/CCc1ccccc1. The van der Waals surface area contributed by atoms with Crippen LogP contribution in [0, 0.1) is 0 Å². The normalized spacial score (nSPS) is 10.4. The number of benzene rings is 1. The number of aryl methyl sites for hydroxylation is 1. The van der Waals surface area contributed by atoms with Crippen molar-refractivity contribution >= 4 is 5.78 Å². The zero-order valence-electron chi connectivity index (χ0n) is 8.86. The van der Waals surface area contributed by atoms with E-state index < -0.39 is 0 Å². The number of hydrogen-bond donors (Lipinski definition) is 0. The predicted molar refractivity (Wildman–Crippen MR) is 63.7 cm³/mol. The highest BCUT2D eigenvalue weighted by atomic mass is 16.1. The Morgan fingerprint density at radius 3 is 2.67 bits per heavy atom. The third kappa shape index (κ3) is 4.96. The first-order valence-electron chi connectivity index (χ1n) is 5.17. The molecular formula is C14H16O. The van der Waals surface area contributed by atoms with E-state index in [2.05, 4.69) is 18.7 Å². The minimum Gasteiger partial charge on any atom is -0.295 e. The van der Waals surface area contributed by atoms with Gasteiger partial charge in [-0.05, 0) is 24.5 Å². The van der Waals surface area contributed by atoms with Gasteiger partial charge in [-0.15, -0.1) is 6.58 Å². The monoisotopic (exact) mass is 200 g/mol. The van der Waals surface area contributed by atoms with Crippen LogP contribution < -0.4 is 0 Å². The average molecular weight is 200 g/mol. The summed E-state index contributed by atoms with van der Waals surface area (Å²) in [6, 6.07) is 10.3. The Labute approximate surface area is 91.1 Å². The van der Waals surface area contributed by atoms with Gasteiger partial charge < -0.3 is 0 Å². The van der Waals surface area contributed by atoms with E-state index in [9.17, 15) is 4.79 Å². The van der Waals surface area contributed by atoms with Crippen LogP contribution in [0.1, 0.15) is 18.4 Å². The molecule has 0 saturated heterocycles. The number of hydrogen-bond acceptors (Lipinski definition) is 1. The summed E-state index contributed by atoms with van der Waals surface area (Å²) in [6.45, 7) is 3.52. The van der Waals surface area contributed by atoms with Gasteiger partial charge in [-0.1, -0.05) is 42.5 Å². The smallest absolute Gasteiger partial charge is 0.159 e. The van der Waals surface area contributed by atoms with E-state index in [0.29, 0.717) is 6.42 Å². The van der Waals surface area contributed by atoms with Crippen LogP contribution in [0.15, 0.2) is 55.1 Å². The van der Waals surface area contributed by atoms with Gasteiger partial charge in [-0.25, -0.2) is 0 Å². The van der Waals surface area contributed by atoms with Crippen LogP contribution >= 0.6 is 0 Å². The Kier molecular flexibility index (Phi) is 5.16. The lowest BCUT2D eigenvalue weighted by Crippen LogP contribution is -1.88. The second-order valence-corrected chi connectivity index (χ2v) is 3.39. The summed E-state index contributed by atoms with van der Waals surface area (Å²) >= 11 is 0. The highest BCUT2D eigenvalue weighted by molar-refractivity contribution is 5.90. The van der Waals surface area contributed by atoms with Crippen LogP contribution in [0.3, 0.4) is 0 Å². The Bertz CT molecular complexity index is 336. The van der Waals surface area contributed by atoms with Crippen molar-refractivity contribution in [1.82, 2.24) is 0 Å². The molecule has 15 heavy (non-hydrogen) atoms. The molecule has 0 radical (unpaired) electrons. The Morgan fingerprint density at radius 2 is 2.00 bits per heavy atom. The molecule has 1 heteroatoms. The summed E-state index contributed by atoms with van der Waals surface area (Å²) in [5.74, 6) is 0.123. The maximum Gasteiger partial charge on any atom is 0.159 e. The number of allylic oxidation sites excluding steroid dienone is 3. The summed E-state index contributed by atoms with van der Waals surface area (Å²) in [5, 5.41) is 0. The average Bonchev–Trinajstić information content (AvgIpc) is 2.26. The minimum atomic E-state index is 0.123. The lowest BCUT2D eigenvalue weighted by molar-refractivity contribution is -0.113. The summed E-state index contributed by atoms with van der Waals surface area (Å²) in [7, 11) is 0. The number of ketones is 1. The van der Waals surface area contributed by atoms with E-state index >= 15 is 0 Å². The fraction of sp³-hybridized carbons (Fsp3) is 0.214. The van der Waals surface area contributed by atoms with Crippen LogP contribution in [-0.2, 0) is 11.2 Å². The lowest BCUT2D eigenvalue weighted by atomic mass is 10.1. The molecule has 0 aliphatic rings. The van der Waals surface area contributed by atoms with Gasteiger partial charge in [-0.2, -0.15) is 0 Å². The molecule has 0 heterocycles. The summed E-state index contributed by atoms with van der Waals surface area (Å²) in [6.07, 6.45) is 7.53. The molecule has 0 bridgehead atoms. The van der Waals surface area contributed by atoms with Crippen LogP contribution in [0.2, 0.25) is 0 Å². The highest BCUT2D eigenvalue weighted by Gasteiger charge is 1.91. The van der Waals surface area contributed by atoms with Gasteiger partial charge in [0, 0.05) is 6.42 Å². The van der Waals surface area contributed by atoms with Gasteiger partial charge in [0.2, 0.25) is 0 Å². The van der Waals surface area contributed by atoms with E-state index in [4.69, 9.17) is 0 Å². The van der Waals surface area contributed by atoms with Gasteiger partial charge in [0.05, 0.1) is 0 Å². The largest absolute Gasteiger partial charge is 0.295 e. The van der Waals surface area contributed by atoms with Crippen molar-refractivity contribution in [3.63, 3.8) is 0 Å². The van der Waals surface area contributed by atoms with Crippen molar-refractivity contribution in [2.45, 2.75) is 19.3 Å². The third-order valence-corrected chi connectivity index (χ3v) is 2.09. The number of rotatable bonds is 6. The quantitative estimate of drug-likeness (QED) is 0.508. The van der Waals surface area contributed by atoms with E-state index in [1.54, 1.807) is 12.2 Å². The third-order valence-electron chi connectivity index (χ3n) is 2.09. The van der Waals surface area contributed by atoms with E-state index in [-0.39, 0.29) is 5.78 Å². The topological polar surface area (TPSA) is 17.1 Å². The van der Waals surface area contributed by atoms with Gasteiger partial charge in [0.1, 0.15) is 0 Å². The summed E-state index contributed by atoms with van der Waals surface area (Å²) < 4.78 is 0. The Balaban J connectivity index is 2.27. The molecular weight excluding hydrogens is 184 g/mol. The van der Waals surface area contributed by atoms with Crippen LogP contribution in [-0.4, -0.2) is 5.78 Å². The molecule has 1 aromatic rings. The molecule has 1 aromatic carbocycles. The van der Waals surface area contributed by atoms with Crippen LogP contribution in [0.5, 0.6) is 0 Å². The standard InChI is InChI=1S/C14H16O/c1-2-8-14(15)12-7-6-11-13-9-4-3-5-10-13/h2-5,7,9-10,12H,1,6,8,11H2/b12-7+.